The molecule has 0 amide bonds. The van der Waals surface area contributed by atoms with Crippen molar-refractivity contribution in [1.82, 2.24) is 49.0 Å². The number of hydrogen-bond donors (Lipinski definition) is 4. The summed E-state index contributed by atoms with van der Waals surface area (Å²) in [5.74, 6) is 0. The van der Waals surface area contributed by atoms with E-state index in [2.05, 4.69) is 533 Å². The summed E-state index contributed by atoms with van der Waals surface area (Å²) in [4.78, 5) is 42.8. The zero-order chi connectivity index (χ0) is 105. The van der Waals surface area contributed by atoms with Crippen LogP contribution in [0.15, 0.2) is 231 Å². The van der Waals surface area contributed by atoms with Gasteiger partial charge in [0.25, 0.3) is 0 Å². The Balaban J connectivity index is 1.16. The number of nitrogens with zero attached hydrogens (tertiary/aromatic N) is 6. The van der Waals surface area contributed by atoms with Gasteiger partial charge in [0.05, 0.1) is 66.2 Å². The fourth-order valence-corrected chi connectivity index (χ4v) is 20.9. The van der Waals surface area contributed by atoms with Crippen LogP contribution in [0.2, 0.25) is 0 Å². The Hall–Kier alpha value is -13.4. The average molecular weight is 1930 g/mol. The molecule has 10 heteroatoms. The van der Waals surface area contributed by atoms with E-state index < -0.39 is 0 Å². The van der Waals surface area contributed by atoms with E-state index in [9.17, 15) is 0 Å². The summed E-state index contributed by atoms with van der Waals surface area (Å²) in [6.07, 6.45) is 9.08. The van der Waals surface area contributed by atoms with Gasteiger partial charge in [0.2, 0.25) is 0 Å². The van der Waals surface area contributed by atoms with E-state index in [0.717, 1.165) is 189 Å². The predicted octanol–water partition coefficient (Wildman–Crippen LogP) is 37.0. The lowest BCUT2D eigenvalue weighted by atomic mass is 9.78. The standard InChI is InChI=1S/C136H154N10/c1-125(2,3)85-59-79(60-86(71-85)126(4,5)6)113-101-49-47-97(137-101)77-111-121-123(119(143-111)117(83-67-93(133(25,26)27)75-94(68-83)134(28,29)30)109-57-55-107(141-109)115(105-53-51-103(113)139-105)81-63-89(129(13,14)15)73-90(64-81)130(16,17)18)146(100-45-41-38-42-46-100)124-120-118(84-69-95(135(31,32)33)76-96(70-84)136(34,35)36)110-58-56-108(142-110)116(82-65-91(131(19,20)21)74-92(66-82)132(22,23)24)106-54-52-104(140-106)114(80-61-87(127(7,8)9)72-88(62-80)128(10,11)12)102-50-48-98(138-102)78-112(144-120)122(124)145(121)99-43-39-37-40-44-99/h37-78,137-138,141-142H,1-36H3. The number of fused-ring (bicyclic) bond motifs is 20. The lowest BCUT2D eigenvalue weighted by molar-refractivity contribution is 0.568. The van der Waals surface area contributed by atoms with Crippen molar-refractivity contribution in [1.29, 1.82) is 0 Å². The molecule has 0 fully saturated rings. The van der Waals surface area contributed by atoms with E-state index in [-0.39, 0.29) is 65.0 Å². The minimum atomic E-state index is -0.307. The van der Waals surface area contributed by atoms with Crippen LogP contribution in [-0.4, -0.2) is 49.0 Å². The molecule has 5 aliphatic rings. The van der Waals surface area contributed by atoms with E-state index >= 15 is 0 Å². The van der Waals surface area contributed by atoms with Gasteiger partial charge in [-0.15, -0.1) is 0 Å². The van der Waals surface area contributed by atoms with E-state index in [0.29, 0.717) is 0 Å². The van der Waals surface area contributed by atoms with Crippen molar-refractivity contribution in [3.05, 3.63) is 341 Å². The number of H-pyrrole nitrogens is 4. The van der Waals surface area contributed by atoms with Crippen LogP contribution >= 0.6 is 0 Å². The minimum absolute atomic E-state index is 0.200. The van der Waals surface area contributed by atoms with Crippen LogP contribution in [-0.2, 0) is 65.0 Å². The molecule has 146 heavy (non-hydrogen) atoms. The van der Waals surface area contributed by atoms with Gasteiger partial charge in [-0.25, -0.2) is 19.9 Å². The second-order valence-electron chi connectivity index (χ2n) is 54.4. The largest absolute Gasteiger partial charge is 0.355 e. The molecule has 10 nitrogen and oxygen atoms in total. The lowest BCUT2D eigenvalue weighted by Crippen LogP contribution is -2.16. The van der Waals surface area contributed by atoms with Crippen LogP contribution in [0.5, 0.6) is 0 Å². The average Bonchev–Trinajstić information content (AvgIpc) is 1.52. The monoisotopic (exact) mass is 1930 g/mol. The van der Waals surface area contributed by atoms with E-state index in [1.807, 2.05) is 0 Å². The Morgan fingerprint density at radius 3 is 0.575 bits per heavy atom. The maximum absolute atomic E-state index is 6.65. The molecule has 14 aromatic rings. The van der Waals surface area contributed by atoms with Gasteiger partial charge in [0.1, 0.15) is 0 Å². The van der Waals surface area contributed by atoms with Gasteiger partial charge in [0.15, 0.2) is 0 Å². The molecule has 16 bridgehead atoms. The van der Waals surface area contributed by atoms with Crippen LogP contribution in [0, 0.1) is 21.4 Å². The first-order valence-corrected chi connectivity index (χ1v) is 53.0. The van der Waals surface area contributed by atoms with Crippen molar-refractivity contribution in [3.63, 3.8) is 0 Å². The van der Waals surface area contributed by atoms with Gasteiger partial charge in [-0.05, 0) is 274 Å². The van der Waals surface area contributed by atoms with Gasteiger partial charge >= 0.3 is 0 Å². The van der Waals surface area contributed by atoms with Gasteiger partial charge < -0.3 is 29.1 Å². The Labute approximate surface area is 867 Å². The summed E-state index contributed by atoms with van der Waals surface area (Å²) < 4.78 is 5.12. The first-order chi connectivity index (χ1) is 67.9. The first-order valence-electron chi connectivity index (χ1n) is 53.0. The highest BCUT2D eigenvalue weighted by molar-refractivity contribution is 6.03. The number of para-hydroxylation sites is 2. The molecular weight excluding hydrogens is 1770 g/mol. The molecule has 0 spiro atoms. The number of benzene rings is 8. The molecule has 0 saturated heterocycles. The van der Waals surface area contributed by atoms with Crippen LogP contribution < -0.4 is 0 Å². The highest BCUT2D eigenvalue weighted by atomic mass is 15.1. The fraction of sp³-hybridized carbons (Fsp3) is 0.353. The maximum atomic E-state index is 6.65. The highest BCUT2D eigenvalue weighted by Gasteiger charge is 2.35. The molecule has 6 aromatic heterocycles. The van der Waals surface area contributed by atoms with Crippen molar-refractivity contribution >= 4 is 90.5 Å². The van der Waals surface area contributed by atoms with Gasteiger partial charge in [-0.1, -0.05) is 395 Å². The topological polar surface area (TPSA) is 125 Å². The highest BCUT2D eigenvalue weighted by Crippen LogP contribution is 2.50. The fourth-order valence-electron chi connectivity index (χ4n) is 20.9. The van der Waals surface area contributed by atoms with Crippen molar-refractivity contribution in [3.8, 4) is 78.1 Å². The summed E-state index contributed by atoms with van der Waals surface area (Å²) in [5.41, 5.74) is 39.6. The number of nitrogens with one attached hydrogen (secondary N) is 4. The number of hydrogen-bond acceptors (Lipinski definition) is 4. The van der Waals surface area contributed by atoms with Gasteiger partial charge in [-0.2, -0.15) is 0 Å². The molecule has 0 saturated carbocycles. The van der Waals surface area contributed by atoms with Crippen molar-refractivity contribution < 1.29 is 0 Å². The second kappa shape index (κ2) is 35.2. The zero-order valence-corrected chi connectivity index (χ0v) is 93.9. The summed E-state index contributed by atoms with van der Waals surface area (Å²) in [6.45, 7) is 84.4. The normalized spacial score (nSPS) is 13.6. The molecule has 19 rings (SSSR count). The molecule has 8 aromatic carbocycles. The summed E-state index contributed by atoms with van der Waals surface area (Å²) in [7, 11) is 0. The smallest absolute Gasteiger partial charge is 0.1000 e. The van der Waals surface area contributed by atoms with Gasteiger partial charge in [-0.3, -0.25) is 0 Å². The zero-order valence-electron chi connectivity index (χ0n) is 93.9. The predicted molar refractivity (Wildman–Crippen MR) is 626 cm³/mol. The number of aromatic amines is 4. The van der Waals surface area contributed by atoms with Crippen LogP contribution in [0.3, 0.4) is 0 Å². The van der Waals surface area contributed by atoms with Crippen LogP contribution in [0.25, 0.3) is 169 Å². The third-order valence-electron chi connectivity index (χ3n) is 30.3. The third-order valence-corrected chi connectivity index (χ3v) is 30.3. The van der Waals surface area contributed by atoms with E-state index in [1.54, 1.807) is 0 Å². The van der Waals surface area contributed by atoms with E-state index in [4.69, 9.17) is 19.9 Å². The molecule has 4 N–H and O–H groups in total. The van der Waals surface area contributed by atoms with E-state index in [1.165, 1.54) is 66.8 Å². The third kappa shape index (κ3) is 19.3. The Bertz CT molecular complexity index is 8000. The Kier molecular flexibility index (Phi) is 24.4. The van der Waals surface area contributed by atoms with Crippen molar-refractivity contribution in [2.45, 2.75) is 314 Å². The molecule has 5 aliphatic heterocycles. The molecule has 0 aliphatic carbocycles. The minimum Gasteiger partial charge on any atom is -0.355 e. The van der Waals surface area contributed by atoms with Crippen molar-refractivity contribution in [2.24, 2.45) is 0 Å². The quantitative estimate of drug-likeness (QED) is 0.121. The summed E-state index contributed by atoms with van der Waals surface area (Å²) in [6, 6.07) is 89.3. The first kappa shape index (κ1) is 101. The molecular formula is C136H154N10. The lowest BCUT2D eigenvalue weighted by Gasteiger charge is -2.26. The van der Waals surface area contributed by atoms with Gasteiger partial charge in [0, 0.05) is 88.9 Å². The second-order valence-corrected chi connectivity index (χ2v) is 54.4. The molecule has 0 atom stereocenters. The SMILES string of the molecule is CC(C)(C)c1cc(-c2c3nc(c(-c4cc(C(C)(C)C)cc(C(C)(C)C)c4)c4ccc([nH]4)c(-c4cc(C(C)(C)C)cc(C(C)(C)C)c4)c4nc(cc5ccc2[nH]5)c2n(-c5ccccc5)c5c6cc7ccc([nH]7)c(-c7cc(C(C)(C)C)cc(C(C)(C)C)c7)c7nc(c(-c8cc(C(C)(C)C)cc(C(C)(C)C)c8)c8ccc([nH]8)c(-c8cc(C(C)(C)C)cc(C(C)(C)C)c8)c(n6)c=5n(-c5ccccc5)c4=2)C=C7)C=C3)cc(C(C)(C)C)c1. The van der Waals surface area contributed by atoms with Crippen LogP contribution in [0.1, 0.15) is 339 Å². The molecule has 11 heterocycles. The summed E-state index contributed by atoms with van der Waals surface area (Å²) >= 11 is 0. The molecule has 748 valence electrons. The summed E-state index contributed by atoms with van der Waals surface area (Å²) in [5, 5.41) is 3.46. The number of rotatable bonds is 8. The maximum Gasteiger partial charge on any atom is 0.1000 e. The Morgan fingerprint density at radius 1 is 0.178 bits per heavy atom. The molecule has 0 radical (unpaired) electrons. The Morgan fingerprint density at radius 2 is 0.363 bits per heavy atom. The van der Waals surface area contributed by atoms with Crippen molar-refractivity contribution in [2.75, 3.05) is 0 Å². The number of aromatic nitrogens is 10. The van der Waals surface area contributed by atoms with Crippen LogP contribution in [0.4, 0.5) is 0 Å². The molecule has 0 unspecified atom stereocenters.